The van der Waals surface area contributed by atoms with Gasteiger partial charge in [-0.3, -0.25) is 4.18 Å². The monoisotopic (exact) mass is 321 g/mol. The van der Waals surface area contributed by atoms with Crippen molar-refractivity contribution in [3.63, 3.8) is 0 Å². The minimum Gasteiger partial charge on any atom is -0.726 e. The Morgan fingerprint density at radius 1 is 1.29 bits per heavy atom. The molecule has 2 rings (SSSR count). The molecule has 0 aliphatic heterocycles. The van der Waals surface area contributed by atoms with Crippen molar-refractivity contribution in [1.82, 2.24) is 0 Å². The Balaban J connectivity index is 0.00000220. The third kappa shape index (κ3) is 4.80. The summed E-state index contributed by atoms with van der Waals surface area (Å²) >= 11 is 0. The van der Waals surface area contributed by atoms with Crippen LogP contribution in [0.25, 0.3) is 11.0 Å². The summed E-state index contributed by atoms with van der Waals surface area (Å²) in [5.74, 6) is 0. The first-order chi connectivity index (χ1) is 9.26. The molecule has 21 heavy (non-hydrogen) atoms. The maximum absolute atomic E-state index is 11.4. The summed E-state index contributed by atoms with van der Waals surface area (Å²) < 4.78 is 40.7. The third-order valence-electron chi connectivity index (χ3n) is 2.69. The van der Waals surface area contributed by atoms with Crippen LogP contribution in [0, 0.1) is 0 Å². The first-order valence-electron chi connectivity index (χ1n) is 5.60. The number of rotatable bonds is 4. The SMILES string of the molecule is CN(C)c1ccc2c(COS(=O)(=O)[O-])cc(=O)oc2c1.[Na+]. The first-order valence-corrected chi connectivity index (χ1v) is 6.94. The minimum absolute atomic E-state index is 0. The van der Waals surface area contributed by atoms with E-state index in [0.717, 1.165) is 11.8 Å². The van der Waals surface area contributed by atoms with Gasteiger partial charge >= 0.3 is 35.2 Å². The van der Waals surface area contributed by atoms with Crippen LogP contribution in [-0.2, 0) is 21.2 Å². The summed E-state index contributed by atoms with van der Waals surface area (Å²) in [6, 6.07) is 6.19. The summed E-state index contributed by atoms with van der Waals surface area (Å²) in [5, 5.41) is 0.513. The summed E-state index contributed by atoms with van der Waals surface area (Å²) in [6.45, 7) is -0.505. The van der Waals surface area contributed by atoms with E-state index in [1.165, 1.54) is 0 Å². The summed E-state index contributed by atoms with van der Waals surface area (Å²) in [4.78, 5) is 13.3. The van der Waals surface area contributed by atoms with Crippen LogP contribution >= 0.6 is 0 Å². The molecule has 0 saturated heterocycles. The third-order valence-corrected chi connectivity index (χ3v) is 3.10. The van der Waals surface area contributed by atoms with Crippen molar-refractivity contribution in [3.8, 4) is 0 Å². The molecule has 0 spiro atoms. The van der Waals surface area contributed by atoms with E-state index < -0.39 is 22.6 Å². The molecule has 0 amide bonds. The number of nitrogens with zero attached hydrogens (tertiary/aromatic N) is 1. The van der Waals surface area contributed by atoms with Crippen molar-refractivity contribution in [3.05, 3.63) is 40.2 Å². The molecule has 0 saturated carbocycles. The van der Waals surface area contributed by atoms with Gasteiger partial charge < -0.3 is 13.9 Å². The van der Waals surface area contributed by atoms with E-state index in [4.69, 9.17) is 4.42 Å². The predicted molar refractivity (Wildman–Crippen MR) is 71.3 cm³/mol. The second-order valence-corrected chi connectivity index (χ2v) is 5.39. The Morgan fingerprint density at radius 3 is 2.52 bits per heavy atom. The molecule has 1 aromatic heterocycles. The van der Waals surface area contributed by atoms with E-state index in [1.807, 2.05) is 19.0 Å². The number of hydrogen-bond acceptors (Lipinski definition) is 7. The minimum atomic E-state index is -4.82. The van der Waals surface area contributed by atoms with E-state index in [1.54, 1.807) is 18.2 Å². The van der Waals surface area contributed by atoms with E-state index in [9.17, 15) is 17.8 Å². The zero-order valence-electron chi connectivity index (χ0n) is 11.8. The zero-order chi connectivity index (χ0) is 14.9. The van der Waals surface area contributed by atoms with Gasteiger partial charge in [0.25, 0.3) is 0 Å². The molecule has 1 aromatic carbocycles. The fourth-order valence-electron chi connectivity index (χ4n) is 1.75. The quantitative estimate of drug-likeness (QED) is 0.274. The van der Waals surface area contributed by atoms with Gasteiger partial charge in [-0.15, -0.1) is 0 Å². The first kappa shape index (κ1) is 18.1. The Kier molecular flexibility index (Phi) is 5.97. The van der Waals surface area contributed by atoms with Crippen molar-refractivity contribution >= 4 is 27.1 Å². The standard InChI is InChI=1S/C12H13NO6S.Na/c1-13(2)9-3-4-10-8(7-18-20(15,16)17)5-12(14)19-11(10)6-9;/h3-6H,7H2,1-2H3,(H,15,16,17);/q;+1/p-1. The fraction of sp³-hybridized carbons (Fsp3) is 0.250. The summed E-state index contributed by atoms with van der Waals surface area (Å²) in [5.41, 5.74) is 0.747. The van der Waals surface area contributed by atoms with Crippen LogP contribution in [0.4, 0.5) is 5.69 Å². The molecular weight excluding hydrogens is 309 g/mol. The van der Waals surface area contributed by atoms with Crippen molar-refractivity contribution in [2.24, 2.45) is 0 Å². The van der Waals surface area contributed by atoms with E-state index >= 15 is 0 Å². The number of anilines is 1. The number of hydrogen-bond donors (Lipinski definition) is 0. The molecule has 0 fully saturated rings. The molecule has 108 valence electrons. The maximum atomic E-state index is 11.4. The molecule has 1 heterocycles. The van der Waals surface area contributed by atoms with Gasteiger partial charge in [0.15, 0.2) is 0 Å². The van der Waals surface area contributed by atoms with Gasteiger partial charge in [-0.2, -0.15) is 0 Å². The Labute approximate surface area is 143 Å². The second kappa shape index (κ2) is 6.91. The van der Waals surface area contributed by atoms with Gasteiger partial charge in [-0.1, -0.05) is 0 Å². The van der Waals surface area contributed by atoms with Crippen molar-refractivity contribution < 1.29 is 51.1 Å². The molecule has 0 N–H and O–H groups in total. The fourth-order valence-corrected chi connectivity index (χ4v) is 2.02. The van der Waals surface area contributed by atoms with Crippen LogP contribution in [0.3, 0.4) is 0 Å². The van der Waals surface area contributed by atoms with Crippen LogP contribution in [0.1, 0.15) is 5.56 Å². The zero-order valence-corrected chi connectivity index (χ0v) is 14.6. The molecule has 0 bridgehead atoms. The van der Waals surface area contributed by atoms with Crippen molar-refractivity contribution in [2.75, 3.05) is 19.0 Å². The molecule has 0 unspecified atom stereocenters. The summed E-state index contributed by atoms with van der Waals surface area (Å²) in [7, 11) is -1.16. The molecular formula is C12H12NNaO6S. The molecule has 2 aromatic rings. The van der Waals surface area contributed by atoms with Crippen LogP contribution in [0.5, 0.6) is 0 Å². The molecule has 7 nitrogen and oxygen atoms in total. The molecule has 0 aliphatic rings. The summed E-state index contributed by atoms with van der Waals surface area (Å²) in [6.07, 6.45) is 0. The average Bonchev–Trinajstić information content (AvgIpc) is 2.33. The van der Waals surface area contributed by atoms with Crippen LogP contribution in [-0.4, -0.2) is 27.1 Å². The molecule has 9 heteroatoms. The normalized spacial score (nSPS) is 11.2. The predicted octanol–water partition coefficient (Wildman–Crippen LogP) is -2.16. The van der Waals surface area contributed by atoms with Gasteiger partial charge in [0, 0.05) is 37.3 Å². The average molecular weight is 321 g/mol. The van der Waals surface area contributed by atoms with Gasteiger partial charge in [0.05, 0.1) is 6.61 Å². The number of benzene rings is 1. The number of fused-ring (bicyclic) bond motifs is 1. The van der Waals surface area contributed by atoms with Crippen LogP contribution in [0.2, 0.25) is 0 Å². The van der Waals surface area contributed by atoms with Crippen LogP contribution in [0.15, 0.2) is 33.5 Å². The van der Waals surface area contributed by atoms with E-state index in [-0.39, 0.29) is 35.1 Å². The van der Waals surface area contributed by atoms with E-state index in [0.29, 0.717) is 11.0 Å². The van der Waals surface area contributed by atoms with Crippen molar-refractivity contribution in [1.29, 1.82) is 0 Å². The Bertz CT molecular complexity index is 799. The molecule has 0 atom stereocenters. The van der Waals surface area contributed by atoms with Gasteiger partial charge in [0.1, 0.15) is 5.58 Å². The largest absolute Gasteiger partial charge is 1.00 e. The van der Waals surface area contributed by atoms with Crippen LogP contribution < -0.4 is 40.1 Å². The molecule has 0 radical (unpaired) electrons. The van der Waals surface area contributed by atoms with Crippen molar-refractivity contribution in [2.45, 2.75) is 6.61 Å². The van der Waals surface area contributed by atoms with Gasteiger partial charge in [-0.25, -0.2) is 13.2 Å². The van der Waals surface area contributed by atoms with E-state index in [2.05, 4.69) is 4.18 Å². The Morgan fingerprint density at radius 2 is 1.95 bits per heavy atom. The topological polar surface area (TPSA) is 99.9 Å². The smallest absolute Gasteiger partial charge is 0.726 e. The maximum Gasteiger partial charge on any atom is 1.00 e. The molecule has 0 aliphatic carbocycles. The van der Waals surface area contributed by atoms with Gasteiger partial charge in [0.2, 0.25) is 10.4 Å². The second-order valence-electron chi connectivity index (χ2n) is 4.34. The Hall–Kier alpha value is -0.900. The van der Waals surface area contributed by atoms with Gasteiger partial charge in [-0.05, 0) is 17.7 Å².